The largest absolute Gasteiger partial charge is 0.385 e. The van der Waals surface area contributed by atoms with Gasteiger partial charge in [0.25, 0.3) is 0 Å². The monoisotopic (exact) mass is 233 g/mol. The highest BCUT2D eigenvalue weighted by molar-refractivity contribution is 5.32. The van der Waals surface area contributed by atoms with Gasteiger partial charge in [0, 0.05) is 26.8 Å². The van der Waals surface area contributed by atoms with Crippen molar-refractivity contribution < 1.29 is 4.74 Å². The molecule has 2 rings (SSSR count). The molecule has 1 aromatic rings. The van der Waals surface area contributed by atoms with E-state index in [2.05, 4.69) is 36.5 Å². The van der Waals surface area contributed by atoms with Crippen LogP contribution in [0.1, 0.15) is 36.8 Å². The van der Waals surface area contributed by atoms with Crippen molar-refractivity contribution in [3.63, 3.8) is 0 Å². The molecule has 94 valence electrons. The van der Waals surface area contributed by atoms with Crippen LogP contribution in [0.2, 0.25) is 0 Å². The summed E-state index contributed by atoms with van der Waals surface area (Å²) in [7, 11) is 1.78. The summed E-state index contributed by atoms with van der Waals surface area (Å²) < 4.78 is 5.16. The Kier molecular flexibility index (Phi) is 4.57. The molecular weight excluding hydrogens is 210 g/mol. The van der Waals surface area contributed by atoms with Gasteiger partial charge in [0.05, 0.1) is 0 Å². The van der Waals surface area contributed by atoms with E-state index in [4.69, 9.17) is 4.74 Å². The second-order valence-electron chi connectivity index (χ2n) is 5.15. The fourth-order valence-corrected chi connectivity index (χ4v) is 2.72. The van der Waals surface area contributed by atoms with Crippen molar-refractivity contribution in [1.29, 1.82) is 0 Å². The lowest BCUT2D eigenvalue weighted by atomic mass is 9.84. The van der Waals surface area contributed by atoms with Crippen LogP contribution in [0, 0.1) is 5.92 Å². The van der Waals surface area contributed by atoms with Crippen molar-refractivity contribution in [3.8, 4) is 0 Å². The van der Waals surface area contributed by atoms with E-state index in [1.54, 1.807) is 12.7 Å². The van der Waals surface area contributed by atoms with Crippen molar-refractivity contribution in [2.75, 3.05) is 20.3 Å². The van der Waals surface area contributed by atoms with Crippen LogP contribution in [0.4, 0.5) is 0 Å². The number of hydrogen-bond acceptors (Lipinski definition) is 2. The second kappa shape index (κ2) is 6.18. The predicted molar refractivity (Wildman–Crippen MR) is 71.2 cm³/mol. The Bertz CT molecular complexity index is 351. The van der Waals surface area contributed by atoms with Crippen LogP contribution in [0.5, 0.6) is 0 Å². The topological polar surface area (TPSA) is 21.3 Å². The maximum absolute atomic E-state index is 5.16. The van der Waals surface area contributed by atoms with Crippen LogP contribution in [0.15, 0.2) is 24.3 Å². The molecule has 0 saturated carbocycles. The highest BCUT2D eigenvalue weighted by Crippen LogP contribution is 2.30. The van der Waals surface area contributed by atoms with Crippen LogP contribution < -0.4 is 5.32 Å². The van der Waals surface area contributed by atoms with Crippen molar-refractivity contribution >= 4 is 0 Å². The Morgan fingerprint density at radius 3 is 3.06 bits per heavy atom. The van der Waals surface area contributed by atoms with Crippen molar-refractivity contribution in [3.05, 3.63) is 35.4 Å². The summed E-state index contributed by atoms with van der Waals surface area (Å²) in [6.45, 7) is 5.35. The quantitative estimate of drug-likeness (QED) is 0.844. The molecule has 0 bridgehead atoms. The molecule has 1 heterocycles. The minimum absolute atomic E-state index is 0.673. The van der Waals surface area contributed by atoms with E-state index in [1.807, 2.05) is 0 Å². The summed E-state index contributed by atoms with van der Waals surface area (Å²) in [6, 6.07) is 8.84. The summed E-state index contributed by atoms with van der Waals surface area (Å²) >= 11 is 0. The number of nitrogens with one attached hydrogen (secondary N) is 1. The van der Waals surface area contributed by atoms with Crippen LogP contribution in [-0.4, -0.2) is 20.3 Å². The third-order valence-corrected chi connectivity index (χ3v) is 3.70. The van der Waals surface area contributed by atoms with Crippen molar-refractivity contribution in [2.24, 2.45) is 5.92 Å². The molecule has 0 saturated heterocycles. The van der Waals surface area contributed by atoms with E-state index >= 15 is 0 Å². The van der Waals surface area contributed by atoms with E-state index in [1.165, 1.54) is 12.0 Å². The molecule has 0 amide bonds. The van der Waals surface area contributed by atoms with Crippen LogP contribution in [0.3, 0.4) is 0 Å². The molecule has 0 radical (unpaired) electrons. The molecule has 1 N–H and O–H groups in total. The molecule has 1 aliphatic rings. The number of ether oxygens (including phenoxy) is 1. The molecule has 2 nitrogen and oxygen atoms in total. The summed E-state index contributed by atoms with van der Waals surface area (Å²) in [5, 5.41) is 3.52. The third-order valence-electron chi connectivity index (χ3n) is 3.70. The number of hydrogen-bond donors (Lipinski definition) is 1. The van der Waals surface area contributed by atoms with Crippen LogP contribution >= 0.6 is 0 Å². The van der Waals surface area contributed by atoms with Crippen LogP contribution in [-0.2, 0) is 11.3 Å². The Balaban J connectivity index is 1.98. The molecule has 1 aliphatic heterocycles. The zero-order valence-corrected chi connectivity index (χ0v) is 10.9. The Hall–Kier alpha value is -0.860. The fourth-order valence-electron chi connectivity index (χ4n) is 2.72. The number of rotatable bonds is 5. The average molecular weight is 233 g/mol. The van der Waals surface area contributed by atoms with Gasteiger partial charge in [-0.2, -0.15) is 0 Å². The highest BCUT2D eigenvalue weighted by Gasteiger charge is 2.21. The van der Waals surface area contributed by atoms with Gasteiger partial charge in [-0.3, -0.25) is 0 Å². The molecule has 0 aromatic heterocycles. The lowest BCUT2D eigenvalue weighted by Gasteiger charge is -2.28. The fraction of sp³-hybridized carbons (Fsp3) is 0.600. The predicted octanol–water partition coefficient (Wildman–Crippen LogP) is 2.94. The lowest BCUT2D eigenvalue weighted by Crippen LogP contribution is -2.29. The van der Waals surface area contributed by atoms with Gasteiger partial charge in [0.2, 0.25) is 0 Å². The lowest BCUT2D eigenvalue weighted by molar-refractivity contribution is 0.176. The molecule has 1 aromatic carbocycles. The SMILES string of the molecule is COCCC(C)CC1CNCc2ccccc21. The van der Waals surface area contributed by atoms with E-state index in [9.17, 15) is 0 Å². The average Bonchev–Trinajstić information content (AvgIpc) is 2.37. The minimum Gasteiger partial charge on any atom is -0.385 e. The van der Waals surface area contributed by atoms with E-state index in [0.717, 1.165) is 32.0 Å². The Labute approximate surface area is 104 Å². The van der Waals surface area contributed by atoms with Gasteiger partial charge in [0.1, 0.15) is 0 Å². The first-order chi connectivity index (χ1) is 8.31. The number of fused-ring (bicyclic) bond motifs is 1. The third kappa shape index (κ3) is 3.30. The van der Waals surface area contributed by atoms with E-state index in [0.29, 0.717) is 5.92 Å². The van der Waals surface area contributed by atoms with E-state index < -0.39 is 0 Å². The summed E-state index contributed by atoms with van der Waals surface area (Å²) in [5.74, 6) is 1.40. The molecule has 2 unspecified atom stereocenters. The van der Waals surface area contributed by atoms with E-state index in [-0.39, 0.29) is 0 Å². The molecule has 2 heteroatoms. The first-order valence-electron chi connectivity index (χ1n) is 6.58. The van der Waals surface area contributed by atoms with Crippen LogP contribution in [0.25, 0.3) is 0 Å². The Morgan fingerprint density at radius 1 is 1.41 bits per heavy atom. The molecule has 0 aliphatic carbocycles. The molecular formula is C15H23NO. The van der Waals surface area contributed by atoms with Crippen molar-refractivity contribution in [2.45, 2.75) is 32.2 Å². The number of benzene rings is 1. The van der Waals surface area contributed by atoms with Gasteiger partial charge < -0.3 is 10.1 Å². The first kappa shape index (κ1) is 12.6. The maximum Gasteiger partial charge on any atom is 0.0464 e. The first-order valence-corrected chi connectivity index (χ1v) is 6.58. The Morgan fingerprint density at radius 2 is 2.24 bits per heavy atom. The zero-order chi connectivity index (χ0) is 12.1. The molecule has 0 spiro atoms. The molecule has 0 fully saturated rings. The summed E-state index contributed by atoms with van der Waals surface area (Å²) in [4.78, 5) is 0. The standard InChI is InChI=1S/C15H23NO/c1-12(7-8-17-2)9-14-11-16-10-13-5-3-4-6-15(13)14/h3-6,12,14,16H,7-11H2,1-2H3. The van der Waals surface area contributed by atoms with Crippen molar-refractivity contribution in [1.82, 2.24) is 5.32 Å². The summed E-state index contributed by atoms with van der Waals surface area (Å²) in [5.41, 5.74) is 3.03. The molecule has 17 heavy (non-hydrogen) atoms. The van der Waals surface area contributed by atoms with Gasteiger partial charge in [-0.25, -0.2) is 0 Å². The number of methoxy groups -OCH3 is 1. The van der Waals surface area contributed by atoms with Gasteiger partial charge >= 0.3 is 0 Å². The van der Waals surface area contributed by atoms with Gasteiger partial charge in [-0.15, -0.1) is 0 Å². The maximum atomic E-state index is 5.16. The normalized spacial score (nSPS) is 20.9. The van der Waals surface area contributed by atoms with Gasteiger partial charge in [-0.05, 0) is 35.8 Å². The highest BCUT2D eigenvalue weighted by atomic mass is 16.5. The van der Waals surface area contributed by atoms with Gasteiger partial charge in [0.15, 0.2) is 0 Å². The smallest absolute Gasteiger partial charge is 0.0464 e. The second-order valence-corrected chi connectivity index (χ2v) is 5.15. The molecule has 2 atom stereocenters. The zero-order valence-electron chi connectivity index (χ0n) is 10.9. The minimum atomic E-state index is 0.673. The summed E-state index contributed by atoms with van der Waals surface area (Å²) in [6.07, 6.45) is 2.42. The van der Waals surface area contributed by atoms with Gasteiger partial charge in [-0.1, -0.05) is 31.2 Å².